The molecule has 8 nitrogen and oxygen atoms in total. The molecule has 0 aliphatic heterocycles. The average molecular weight is 611 g/mol. The van der Waals surface area contributed by atoms with Gasteiger partial charge in [0.15, 0.2) is 0 Å². The smallest absolute Gasteiger partial charge is 0.335 e. The van der Waals surface area contributed by atoms with E-state index in [2.05, 4.69) is 34.1 Å². The number of aromatic carboxylic acids is 1. The number of nitrogens with zero attached hydrogens (tertiary/aromatic N) is 1. The lowest BCUT2D eigenvalue weighted by atomic mass is 10.0. The number of anilines is 3. The summed E-state index contributed by atoms with van der Waals surface area (Å²) in [6, 6.07) is 27.4. The number of carboxylic acids is 1. The standard InChI is InChI=1S/C35H38N4O4S/c1-4-36-44-30-9-7-8-27(22-30)33(40)38-32-21-20-29(39(5-2)6-3)23-31(32)34(41)37-28-18-14-25(15-19-28)11-10-24-12-16-26(17-13-24)35(42)43/h7-9,12-23,36H,4-6,10-11H2,1-3H3,(H,37,41)(H,38,40)(H,42,43). The van der Waals surface area contributed by atoms with Crippen LogP contribution in [0.15, 0.2) is 95.9 Å². The molecular formula is C35H38N4O4S. The van der Waals surface area contributed by atoms with Gasteiger partial charge in [-0.2, -0.15) is 0 Å². The van der Waals surface area contributed by atoms with E-state index < -0.39 is 5.97 Å². The molecule has 0 saturated carbocycles. The zero-order valence-electron chi connectivity index (χ0n) is 25.2. The number of hydrogen-bond donors (Lipinski definition) is 4. The molecule has 44 heavy (non-hydrogen) atoms. The predicted octanol–water partition coefficient (Wildman–Crippen LogP) is 7.14. The van der Waals surface area contributed by atoms with Crippen LogP contribution in [0.25, 0.3) is 0 Å². The highest BCUT2D eigenvalue weighted by molar-refractivity contribution is 7.97. The van der Waals surface area contributed by atoms with E-state index in [0.717, 1.165) is 54.2 Å². The molecule has 0 aromatic heterocycles. The summed E-state index contributed by atoms with van der Waals surface area (Å²) in [5.74, 6) is -1.56. The molecule has 0 aliphatic rings. The van der Waals surface area contributed by atoms with E-state index in [1.165, 1.54) is 11.9 Å². The first-order chi connectivity index (χ1) is 21.3. The minimum Gasteiger partial charge on any atom is -0.478 e. The van der Waals surface area contributed by atoms with Crippen molar-refractivity contribution in [1.29, 1.82) is 0 Å². The Morgan fingerprint density at radius 1 is 0.727 bits per heavy atom. The topological polar surface area (TPSA) is 111 Å². The second kappa shape index (κ2) is 15.7. The first-order valence-electron chi connectivity index (χ1n) is 14.7. The third-order valence-electron chi connectivity index (χ3n) is 7.17. The zero-order valence-corrected chi connectivity index (χ0v) is 26.0. The van der Waals surface area contributed by atoms with Crippen LogP contribution in [0.4, 0.5) is 17.1 Å². The van der Waals surface area contributed by atoms with Gasteiger partial charge in [-0.1, -0.05) is 37.3 Å². The summed E-state index contributed by atoms with van der Waals surface area (Å²) >= 11 is 1.46. The summed E-state index contributed by atoms with van der Waals surface area (Å²) in [6.07, 6.45) is 1.54. The van der Waals surface area contributed by atoms with Gasteiger partial charge < -0.3 is 20.6 Å². The van der Waals surface area contributed by atoms with Crippen molar-refractivity contribution in [1.82, 2.24) is 4.72 Å². The highest BCUT2D eigenvalue weighted by atomic mass is 32.2. The molecule has 0 bridgehead atoms. The van der Waals surface area contributed by atoms with Crippen molar-refractivity contribution in [2.75, 3.05) is 35.2 Å². The van der Waals surface area contributed by atoms with E-state index in [0.29, 0.717) is 22.5 Å². The number of hydrogen-bond acceptors (Lipinski definition) is 6. The molecule has 4 aromatic rings. The van der Waals surface area contributed by atoms with E-state index in [9.17, 15) is 14.4 Å². The fraction of sp³-hybridized carbons (Fsp3) is 0.229. The van der Waals surface area contributed by atoms with E-state index in [1.54, 1.807) is 24.3 Å². The molecule has 0 aliphatic carbocycles. The Hall–Kier alpha value is -4.60. The molecular weight excluding hydrogens is 572 g/mol. The maximum absolute atomic E-state index is 13.6. The van der Waals surface area contributed by atoms with Crippen molar-refractivity contribution in [3.63, 3.8) is 0 Å². The summed E-state index contributed by atoms with van der Waals surface area (Å²) in [4.78, 5) is 41.0. The van der Waals surface area contributed by atoms with Gasteiger partial charge in [0.1, 0.15) is 0 Å². The molecule has 4 aromatic carbocycles. The van der Waals surface area contributed by atoms with Gasteiger partial charge in [-0.15, -0.1) is 0 Å². The molecule has 0 heterocycles. The summed E-state index contributed by atoms with van der Waals surface area (Å²) in [5.41, 5.74) is 5.26. The molecule has 228 valence electrons. The van der Waals surface area contributed by atoms with Gasteiger partial charge in [0.05, 0.1) is 16.8 Å². The summed E-state index contributed by atoms with van der Waals surface area (Å²) in [5, 5.41) is 15.0. The van der Waals surface area contributed by atoms with Gasteiger partial charge in [0, 0.05) is 41.5 Å². The Morgan fingerprint density at radius 3 is 2.00 bits per heavy atom. The quantitative estimate of drug-likeness (QED) is 0.112. The van der Waals surface area contributed by atoms with Crippen LogP contribution in [0.3, 0.4) is 0 Å². The fourth-order valence-electron chi connectivity index (χ4n) is 4.72. The number of carboxylic acid groups (broad SMARTS) is 1. The van der Waals surface area contributed by atoms with Crippen molar-refractivity contribution in [3.05, 3.63) is 119 Å². The number of nitrogens with one attached hydrogen (secondary N) is 3. The molecule has 0 atom stereocenters. The molecule has 4 rings (SSSR count). The first kappa shape index (κ1) is 32.3. The van der Waals surface area contributed by atoms with Crippen molar-refractivity contribution >= 4 is 46.8 Å². The van der Waals surface area contributed by atoms with Crippen LogP contribution in [0.1, 0.15) is 63.0 Å². The normalized spacial score (nSPS) is 10.7. The molecule has 0 saturated heterocycles. The van der Waals surface area contributed by atoms with Gasteiger partial charge in [0.2, 0.25) is 0 Å². The number of carbonyl (C=O) groups excluding carboxylic acids is 2. The molecule has 0 radical (unpaired) electrons. The van der Waals surface area contributed by atoms with Crippen molar-refractivity contribution in [3.8, 4) is 0 Å². The third-order valence-corrected chi connectivity index (χ3v) is 8.09. The zero-order chi connectivity index (χ0) is 31.5. The Labute approximate surface area is 263 Å². The minimum atomic E-state index is -0.937. The van der Waals surface area contributed by atoms with Crippen molar-refractivity contribution in [2.45, 2.75) is 38.5 Å². The number of amides is 2. The van der Waals surface area contributed by atoms with Crippen molar-refractivity contribution < 1.29 is 19.5 Å². The van der Waals surface area contributed by atoms with E-state index >= 15 is 0 Å². The maximum Gasteiger partial charge on any atom is 0.335 e. The highest BCUT2D eigenvalue weighted by Gasteiger charge is 2.18. The van der Waals surface area contributed by atoms with Crippen LogP contribution >= 0.6 is 11.9 Å². The molecule has 9 heteroatoms. The molecule has 0 spiro atoms. The highest BCUT2D eigenvalue weighted by Crippen LogP contribution is 2.26. The van der Waals surface area contributed by atoms with Gasteiger partial charge in [-0.25, -0.2) is 4.79 Å². The lowest BCUT2D eigenvalue weighted by Crippen LogP contribution is -2.23. The first-order valence-corrected chi connectivity index (χ1v) is 15.6. The molecule has 2 amide bonds. The van der Waals surface area contributed by atoms with Crippen molar-refractivity contribution in [2.24, 2.45) is 0 Å². The van der Waals surface area contributed by atoms with Crippen LogP contribution in [0, 0.1) is 0 Å². The summed E-state index contributed by atoms with van der Waals surface area (Å²) in [7, 11) is 0. The van der Waals surface area contributed by atoms with E-state index in [-0.39, 0.29) is 17.4 Å². The van der Waals surface area contributed by atoms with Crippen LogP contribution in [0.5, 0.6) is 0 Å². The molecule has 0 fully saturated rings. The largest absolute Gasteiger partial charge is 0.478 e. The Balaban J connectivity index is 1.49. The Bertz CT molecular complexity index is 1590. The lowest BCUT2D eigenvalue weighted by molar-refractivity contribution is 0.0696. The van der Waals surface area contributed by atoms with Crippen LogP contribution in [0.2, 0.25) is 0 Å². The van der Waals surface area contributed by atoms with Crippen LogP contribution < -0.4 is 20.3 Å². The summed E-state index contributed by atoms with van der Waals surface area (Å²) in [6.45, 7) is 8.49. The van der Waals surface area contributed by atoms with E-state index in [4.69, 9.17) is 5.11 Å². The summed E-state index contributed by atoms with van der Waals surface area (Å²) < 4.78 is 3.19. The van der Waals surface area contributed by atoms with Crippen LogP contribution in [-0.2, 0) is 12.8 Å². The lowest BCUT2D eigenvalue weighted by Gasteiger charge is -2.23. The number of carbonyl (C=O) groups is 3. The third kappa shape index (κ3) is 8.72. The van der Waals surface area contributed by atoms with Gasteiger partial charge in [-0.3, -0.25) is 14.3 Å². The number of aryl methyl sites for hydroxylation is 2. The maximum atomic E-state index is 13.6. The number of rotatable bonds is 14. The fourth-order valence-corrected chi connectivity index (χ4v) is 5.36. The average Bonchev–Trinajstić information content (AvgIpc) is 3.04. The second-order valence-electron chi connectivity index (χ2n) is 10.1. The van der Waals surface area contributed by atoms with Crippen LogP contribution in [-0.4, -0.2) is 42.5 Å². The molecule has 4 N–H and O–H groups in total. The Kier molecular flexibility index (Phi) is 11.6. The minimum absolute atomic E-state index is 0.271. The van der Waals surface area contributed by atoms with Gasteiger partial charge in [0.25, 0.3) is 11.8 Å². The predicted molar refractivity (Wildman–Crippen MR) is 179 cm³/mol. The monoisotopic (exact) mass is 610 g/mol. The Morgan fingerprint density at radius 2 is 1.39 bits per heavy atom. The SMILES string of the molecule is CCNSc1cccc(C(=O)Nc2ccc(N(CC)CC)cc2C(=O)Nc2ccc(CCc3ccc(C(=O)O)cc3)cc2)c1. The number of benzene rings is 4. The van der Waals surface area contributed by atoms with E-state index in [1.807, 2.05) is 73.7 Å². The van der Waals surface area contributed by atoms with Gasteiger partial charge in [-0.05, 0) is 110 Å². The second-order valence-corrected chi connectivity index (χ2v) is 11.1. The van der Waals surface area contributed by atoms with Gasteiger partial charge >= 0.3 is 5.97 Å². The molecule has 0 unspecified atom stereocenters.